The number of piperazine rings is 1. The average molecular weight is 268 g/mol. The van der Waals surface area contributed by atoms with E-state index in [0.717, 1.165) is 18.6 Å². The molecule has 3 rings (SSSR count). The lowest BCUT2D eigenvalue weighted by atomic mass is 9.94. The van der Waals surface area contributed by atoms with Gasteiger partial charge in [0.25, 0.3) is 0 Å². The van der Waals surface area contributed by atoms with Gasteiger partial charge in [0.2, 0.25) is 0 Å². The first-order valence-electron chi connectivity index (χ1n) is 6.69. The summed E-state index contributed by atoms with van der Waals surface area (Å²) in [6.45, 7) is 5.64. The number of piperidine rings is 1. The molecular weight excluding hydrogens is 246 g/mol. The van der Waals surface area contributed by atoms with Crippen molar-refractivity contribution in [2.24, 2.45) is 0 Å². The molecule has 18 heavy (non-hydrogen) atoms. The zero-order chi connectivity index (χ0) is 11.7. The summed E-state index contributed by atoms with van der Waals surface area (Å²) >= 11 is 0. The molecule has 3 nitrogen and oxygen atoms in total. The predicted molar refractivity (Wildman–Crippen MR) is 76.1 cm³/mol. The van der Waals surface area contributed by atoms with Gasteiger partial charge in [-0.1, -0.05) is 6.42 Å². The van der Waals surface area contributed by atoms with E-state index in [1.807, 2.05) is 12.4 Å². The van der Waals surface area contributed by atoms with Crippen LogP contribution in [0, 0.1) is 6.92 Å². The van der Waals surface area contributed by atoms with Gasteiger partial charge in [-0.15, -0.1) is 12.4 Å². The number of fused-ring (bicyclic) bond motifs is 2. The SMILES string of the molecule is Cc1ccncc1CN1CC2CCCC(C1)N2.Cl. The number of likely N-dealkylation sites (tertiary alicyclic amines) is 1. The van der Waals surface area contributed by atoms with Gasteiger partial charge in [0.15, 0.2) is 0 Å². The van der Waals surface area contributed by atoms with E-state index < -0.39 is 0 Å². The average Bonchev–Trinajstić information content (AvgIpc) is 2.32. The highest BCUT2D eigenvalue weighted by atomic mass is 35.5. The fraction of sp³-hybridized carbons (Fsp3) is 0.643. The van der Waals surface area contributed by atoms with Crippen molar-refractivity contribution in [1.82, 2.24) is 15.2 Å². The van der Waals surface area contributed by atoms with E-state index >= 15 is 0 Å². The summed E-state index contributed by atoms with van der Waals surface area (Å²) in [4.78, 5) is 6.83. The Hall–Kier alpha value is -0.640. The Morgan fingerprint density at radius 3 is 2.72 bits per heavy atom. The molecule has 0 radical (unpaired) electrons. The third kappa shape index (κ3) is 3.02. The Labute approximate surface area is 115 Å². The maximum absolute atomic E-state index is 4.24. The van der Waals surface area contributed by atoms with Crippen LogP contribution in [0.15, 0.2) is 18.5 Å². The van der Waals surface area contributed by atoms with Crippen LogP contribution in [0.1, 0.15) is 30.4 Å². The predicted octanol–water partition coefficient (Wildman–Crippen LogP) is 2.14. The van der Waals surface area contributed by atoms with E-state index in [-0.39, 0.29) is 12.4 Å². The first-order chi connectivity index (χ1) is 8.31. The Kier molecular flexibility index (Phi) is 4.60. The molecule has 2 unspecified atom stereocenters. The summed E-state index contributed by atoms with van der Waals surface area (Å²) < 4.78 is 0. The van der Waals surface area contributed by atoms with E-state index in [1.54, 1.807) is 0 Å². The Balaban J connectivity index is 0.00000120. The molecule has 100 valence electrons. The highest BCUT2D eigenvalue weighted by molar-refractivity contribution is 5.85. The molecule has 1 aromatic rings. The van der Waals surface area contributed by atoms with E-state index in [1.165, 1.54) is 43.5 Å². The molecule has 2 bridgehead atoms. The summed E-state index contributed by atoms with van der Waals surface area (Å²) in [6.07, 6.45) is 8.00. The van der Waals surface area contributed by atoms with Crippen molar-refractivity contribution < 1.29 is 0 Å². The van der Waals surface area contributed by atoms with Crippen molar-refractivity contribution in [2.45, 2.75) is 44.8 Å². The van der Waals surface area contributed by atoms with E-state index in [2.05, 4.69) is 28.2 Å². The quantitative estimate of drug-likeness (QED) is 0.890. The van der Waals surface area contributed by atoms with Crippen LogP contribution in [-0.2, 0) is 6.54 Å². The van der Waals surface area contributed by atoms with Crippen LogP contribution < -0.4 is 5.32 Å². The first-order valence-corrected chi connectivity index (χ1v) is 6.69. The van der Waals surface area contributed by atoms with Crippen LogP contribution in [0.5, 0.6) is 0 Å². The lowest BCUT2D eigenvalue weighted by molar-refractivity contribution is 0.119. The van der Waals surface area contributed by atoms with Crippen molar-refractivity contribution in [3.63, 3.8) is 0 Å². The monoisotopic (exact) mass is 267 g/mol. The second-order valence-corrected chi connectivity index (χ2v) is 5.49. The van der Waals surface area contributed by atoms with E-state index in [4.69, 9.17) is 0 Å². The number of hydrogen-bond donors (Lipinski definition) is 1. The van der Waals surface area contributed by atoms with Gasteiger partial charge < -0.3 is 5.32 Å². The molecule has 2 saturated heterocycles. The molecule has 0 amide bonds. The van der Waals surface area contributed by atoms with E-state index in [9.17, 15) is 0 Å². The molecule has 0 aliphatic carbocycles. The van der Waals surface area contributed by atoms with Gasteiger partial charge in [0, 0.05) is 44.1 Å². The number of nitrogens with one attached hydrogen (secondary N) is 1. The summed E-state index contributed by atoms with van der Waals surface area (Å²) in [5, 5.41) is 3.73. The minimum Gasteiger partial charge on any atom is -0.309 e. The zero-order valence-corrected chi connectivity index (χ0v) is 11.7. The minimum atomic E-state index is 0. The van der Waals surface area contributed by atoms with Gasteiger partial charge in [-0.25, -0.2) is 0 Å². The summed E-state index contributed by atoms with van der Waals surface area (Å²) in [6, 6.07) is 3.55. The van der Waals surface area contributed by atoms with Gasteiger partial charge in [0.05, 0.1) is 0 Å². The van der Waals surface area contributed by atoms with Crippen LogP contribution in [-0.4, -0.2) is 35.1 Å². The molecule has 1 N–H and O–H groups in total. The van der Waals surface area contributed by atoms with Gasteiger partial charge in [-0.2, -0.15) is 0 Å². The first kappa shape index (κ1) is 13.8. The number of nitrogens with zero attached hydrogens (tertiary/aromatic N) is 2. The van der Waals surface area contributed by atoms with Gasteiger partial charge in [-0.05, 0) is 37.0 Å². The number of aromatic nitrogens is 1. The van der Waals surface area contributed by atoms with Crippen molar-refractivity contribution >= 4 is 12.4 Å². The third-order valence-corrected chi connectivity index (χ3v) is 4.08. The van der Waals surface area contributed by atoms with Crippen molar-refractivity contribution in [2.75, 3.05) is 13.1 Å². The summed E-state index contributed by atoms with van der Waals surface area (Å²) in [7, 11) is 0. The van der Waals surface area contributed by atoms with Crippen molar-refractivity contribution in [1.29, 1.82) is 0 Å². The maximum Gasteiger partial charge on any atom is 0.0315 e. The molecule has 2 aliphatic rings. The fourth-order valence-corrected chi connectivity index (χ4v) is 3.13. The zero-order valence-electron chi connectivity index (χ0n) is 10.9. The lowest BCUT2D eigenvalue weighted by Crippen LogP contribution is -2.58. The van der Waals surface area contributed by atoms with Crippen LogP contribution in [0.4, 0.5) is 0 Å². The smallest absolute Gasteiger partial charge is 0.0315 e. The number of aryl methyl sites for hydroxylation is 1. The highest BCUT2D eigenvalue weighted by Gasteiger charge is 2.29. The number of pyridine rings is 1. The molecule has 2 fully saturated rings. The molecule has 0 saturated carbocycles. The van der Waals surface area contributed by atoms with Crippen LogP contribution in [0.3, 0.4) is 0 Å². The molecule has 0 aromatic carbocycles. The summed E-state index contributed by atoms with van der Waals surface area (Å²) in [5.74, 6) is 0. The molecule has 2 aliphatic heterocycles. The largest absolute Gasteiger partial charge is 0.309 e. The van der Waals surface area contributed by atoms with Crippen LogP contribution in [0.2, 0.25) is 0 Å². The topological polar surface area (TPSA) is 28.2 Å². The second kappa shape index (κ2) is 6.00. The number of hydrogen-bond acceptors (Lipinski definition) is 3. The van der Waals surface area contributed by atoms with Gasteiger partial charge in [-0.3, -0.25) is 9.88 Å². The van der Waals surface area contributed by atoms with Crippen molar-refractivity contribution in [3.05, 3.63) is 29.6 Å². The number of rotatable bonds is 2. The molecule has 1 aromatic heterocycles. The van der Waals surface area contributed by atoms with Gasteiger partial charge in [0.1, 0.15) is 0 Å². The second-order valence-electron chi connectivity index (χ2n) is 5.49. The Bertz CT molecular complexity index is 384. The molecule has 2 atom stereocenters. The van der Waals surface area contributed by atoms with Crippen LogP contribution >= 0.6 is 12.4 Å². The highest BCUT2D eigenvalue weighted by Crippen LogP contribution is 2.21. The third-order valence-electron chi connectivity index (χ3n) is 4.08. The Morgan fingerprint density at radius 1 is 1.33 bits per heavy atom. The number of halogens is 1. The standard InChI is InChI=1S/C14H21N3.ClH/c1-11-5-6-15-7-12(11)8-17-9-13-3-2-4-14(10-17)16-13;/h5-7,13-14,16H,2-4,8-10H2,1H3;1H. The normalized spacial score (nSPS) is 27.6. The molecule has 3 heterocycles. The Morgan fingerprint density at radius 2 is 2.06 bits per heavy atom. The van der Waals surface area contributed by atoms with Crippen LogP contribution in [0.25, 0.3) is 0 Å². The lowest BCUT2D eigenvalue weighted by Gasteiger charge is -2.42. The minimum absolute atomic E-state index is 0. The molecule has 4 heteroatoms. The van der Waals surface area contributed by atoms with E-state index in [0.29, 0.717) is 0 Å². The molecular formula is C14H22ClN3. The van der Waals surface area contributed by atoms with Crippen molar-refractivity contribution in [3.8, 4) is 0 Å². The molecule has 0 spiro atoms. The summed E-state index contributed by atoms with van der Waals surface area (Å²) in [5.41, 5.74) is 2.75. The fourth-order valence-electron chi connectivity index (χ4n) is 3.13. The van der Waals surface area contributed by atoms with Gasteiger partial charge >= 0.3 is 0 Å². The maximum atomic E-state index is 4.24.